The van der Waals surface area contributed by atoms with E-state index in [1.54, 1.807) is 0 Å². The highest BCUT2D eigenvalue weighted by atomic mass is 16.3. The van der Waals surface area contributed by atoms with Crippen molar-refractivity contribution in [1.82, 2.24) is 0 Å². The molecular weight excluding hydrogens is 160 g/mol. The fraction of sp³-hybridized carbons (Fsp3) is 0.833. The first-order valence-electron chi connectivity index (χ1n) is 5.36. The highest BCUT2D eigenvalue weighted by molar-refractivity contribution is 5.07. The molecule has 1 nitrogen and oxygen atoms in total. The van der Waals surface area contributed by atoms with Crippen LogP contribution in [0.3, 0.4) is 0 Å². The summed E-state index contributed by atoms with van der Waals surface area (Å²) < 4.78 is 0. The van der Waals surface area contributed by atoms with Crippen LogP contribution < -0.4 is 0 Å². The SMILES string of the molecule is CC1=CC(C)CC(C(O)C(C)C)C1. The molecule has 13 heavy (non-hydrogen) atoms. The summed E-state index contributed by atoms with van der Waals surface area (Å²) in [5, 5.41) is 9.96. The molecule has 76 valence electrons. The molecule has 0 aromatic heterocycles. The highest BCUT2D eigenvalue weighted by Gasteiger charge is 2.26. The Kier molecular flexibility index (Phi) is 3.55. The average molecular weight is 182 g/mol. The molecule has 3 unspecified atom stereocenters. The number of hydrogen-bond donors (Lipinski definition) is 1. The minimum atomic E-state index is -0.119. The summed E-state index contributed by atoms with van der Waals surface area (Å²) in [5.74, 6) is 1.52. The lowest BCUT2D eigenvalue weighted by Crippen LogP contribution is -2.29. The molecule has 0 amide bonds. The first-order valence-corrected chi connectivity index (χ1v) is 5.36. The summed E-state index contributed by atoms with van der Waals surface area (Å²) in [5.41, 5.74) is 1.45. The van der Waals surface area contributed by atoms with Crippen LogP contribution in [0.25, 0.3) is 0 Å². The molecule has 0 saturated heterocycles. The van der Waals surface area contributed by atoms with Gasteiger partial charge in [-0.25, -0.2) is 0 Å². The molecule has 0 aromatic carbocycles. The van der Waals surface area contributed by atoms with Crippen molar-refractivity contribution in [2.75, 3.05) is 0 Å². The van der Waals surface area contributed by atoms with Gasteiger partial charge in [-0.15, -0.1) is 0 Å². The van der Waals surface area contributed by atoms with E-state index in [9.17, 15) is 5.11 Å². The zero-order valence-electron chi connectivity index (χ0n) is 9.25. The van der Waals surface area contributed by atoms with Crippen molar-refractivity contribution in [3.8, 4) is 0 Å². The van der Waals surface area contributed by atoms with E-state index in [2.05, 4.69) is 33.8 Å². The van der Waals surface area contributed by atoms with Gasteiger partial charge >= 0.3 is 0 Å². The number of aliphatic hydroxyl groups excluding tert-OH is 1. The van der Waals surface area contributed by atoms with Crippen LogP contribution in [0.4, 0.5) is 0 Å². The van der Waals surface area contributed by atoms with Crippen molar-refractivity contribution < 1.29 is 5.11 Å². The number of rotatable bonds is 2. The average Bonchev–Trinajstić information content (AvgIpc) is 2.01. The minimum Gasteiger partial charge on any atom is -0.393 e. The van der Waals surface area contributed by atoms with Crippen molar-refractivity contribution in [3.05, 3.63) is 11.6 Å². The largest absolute Gasteiger partial charge is 0.393 e. The van der Waals surface area contributed by atoms with Gasteiger partial charge in [-0.1, -0.05) is 32.4 Å². The van der Waals surface area contributed by atoms with Crippen molar-refractivity contribution in [2.45, 2.75) is 46.6 Å². The van der Waals surface area contributed by atoms with E-state index in [1.807, 2.05) is 0 Å². The number of allylic oxidation sites excluding steroid dienone is 2. The van der Waals surface area contributed by atoms with Crippen LogP contribution in [-0.2, 0) is 0 Å². The van der Waals surface area contributed by atoms with Gasteiger partial charge in [0.05, 0.1) is 6.10 Å². The maximum atomic E-state index is 9.96. The van der Waals surface area contributed by atoms with E-state index in [0.29, 0.717) is 17.8 Å². The molecule has 0 bridgehead atoms. The summed E-state index contributed by atoms with van der Waals surface area (Å²) in [6.45, 7) is 8.62. The van der Waals surface area contributed by atoms with Gasteiger partial charge in [-0.3, -0.25) is 0 Å². The second-order valence-corrected chi connectivity index (χ2v) is 4.92. The van der Waals surface area contributed by atoms with Crippen LogP contribution >= 0.6 is 0 Å². The number of aliphatic hydroxyl groups is 1. The van der Waals surface area contributed by atoms with Crippen LogP contribution in [0, 0.1) is 17.8 Å². The summed E-state index contributed by atoms with van der Waals surface area (Å²) >= 11 is 0. The second-order valence-electron chi connectivity index (χ2n) is 4.92. The van der Waals surface area contributed by atoms with Crippen LogP contribution in [0.5, 0.6) is 0 Å². The Bertz CT molecular complexity index is 193. The quantitative estimate of drug-likeness (QED) is 0.651. The molecule has 0 spiro atoms. The van der Waals surface area contributed by atoms with Crippen molar-refractivity contribution >= 4 is 0 Å². The zero-order valence-corrected chi connectivity index (χ0v) is 9.25. The van der Waals surface area contributed by atoms with Gasteiger partial charge in [0, 0.05) is 0 Å². The Balaban J connectivity index is 2.59. The molecule has 0 heterocycles. The van der Waals surface area contributed by atoms with Crippen LogP contribution in [0.2, 0.25) is 0 Å². The molecule has 1 heteroatoms. The lowest BCUT2D eigenvalue weighted by atomic mass is 9.78. The maximum absolute atomic E-state index is 9.96. The molecule has 0 aliphatic heterocycles. The molecule has 0 saturated carbocycles. The van der Waals surface area contributed by atoms with E-state index in [1.165, 1.54) is 5.57 Å². The Morgan fingerprint density at radius 3 is 2.54 bits per heavy atom. The van der Waals surface area contributed by atoms with Gasteiger partial charge < -0.3 is 5.11 Å². The molecule has 1 aliphatic carbocycles. The summed E-state index contributed by atoms with van der Waals surface area (Å²) in [6, 6.07) is 0. The Morgan fingerprint density at radius 2 is 2.08 bits per heavy atom. The third-order valence-corrected chi connectivity index (χ3v) is 2.99. The molecule has 1 rings (SSSR count). The van der Waals surface area contributed by atoms with Gasteiger partial charge in [0.15, 0.2) is 0 Å². The van der Waals surface area contributed by atoms with Gasteiger partial charge in [0.25, 0.3) is 0 Å². The Hall–Kier alpha value is -0.300. The van der Waals surface area contributed by atoms with Crippen LogP contribution in [0.15, 0.2) is 11.6 Å². The number of hydrogen-bond acceptors (Lipinski definition) is 1. The molecule has 0 fully saturated rings. The standard InChI is InChI=1S/C12H22O/c1-8(2)12(13)11-6-9(3)5-10(4)7-11/h5,8-9,11-13H,6-7H2,1-4H3. The molecule has 0 radical (unpaired) electrons. The molecule has 0 aromatic rings. The second kappa shape index (κ2) is 4.28. The van der Waals surface area contributed by atoms with E-state index in [-0.39, 0.29) is 6.10 Å². The van der Waals surface area contributed by atoms with Gasteiger partial charge in [0.2, 0.25) is 0 Å². The first-order chi connectivity index (χ1) is 6.00. The third kappa shape index (κ3) is 2.84. The van der Waals surface area contributed by atoms with Gasteiger partial charge in [0.1, 0.15) is 0 Å². The Morgan fingerprint density at radius 1 is 1.46 bits per heavy atom. The fourth-order valence-electron chi connectivity index (χ4n) is 2.40. The maximum Gasteiger partial charge on any atom is 0.0594 e. The highest BCUT2D eigenvalue weighted by Crippen LogP contribution is 2.32. The summed E-state index contributed by atoms with van der Waals surface area (Å²) in [4.78, 5) is 0. The van der Waals surface area contributed by atoms with Gasteiger partial charge in [-0.05, 0) is 37.5 Å². The van der Waals surface area contributed by atoms with Crippen molar-refractivity contribution in [1.29, 1.82) is 0 Å². The van der Waals surface area contributed by atoms with Crippen molar-refractivity contribution in [3.63, 3.8) is 0 Å². The van der Waals surface area contributed by atoms with Gasteiger partial charge in [-0.2, -0.15) is 0 Å². The normalized spacial score (nSPS) is 31.7. The minimum absolute atomic E-state index is 0.119. The lowest BCUT2D eigenvalue weighted by molar-refractivity contribution is 0.0529. The first kappa shape index (κ1) is 10.8. The van der Waals surface area contributed by atoms with Crippen LogP contribution in [0.1, 0.15) is 40.5 Å². The van der Waals surface area contributed by atoms with Crippen molar-refractivity contribution in [2.24, 2.45) is 17.8 Å². The topological polar surface area (TPSA) is 20.2 Å². The fourth-order valence-corrected chi connectivity index (χ4v) is 2.40. The smallest absolute Gasteiger partial charge is 0.0594 e. The lowest BCUT2D eigenvalue weighted by Gasteiger charge is -2.31. The van der Waals surface area contributed by atoms with E-state index in [0.717, 1.165) is 12.8 Å². The third-order valence-electron chi connectivity index (χ3n) is 2.99. The monoisotopic (exact) mass is 182 g/mol. The summed E-state index contributed by atoms with van der Waals surface area (Å²) in [7, 11) is 0. The van der Waals surface area contributed by atoms with E-state index in [4.69, 9.17) is 0 Å². The predicted octanol–water partition coefficient (Wildman–Crippen LogP) is 3.00. The zero-order chi connectivity index (χ0) is 10.0. The van der Waals surface area contributed by atoms with E-state index >= 15 is 0 Å². The molecular formula is C12H22O. The molecule has 1 aliphatic rings. The van der Waals surface area contributed by atoms with E-state index < -0.39 is 0 Å². The molecule has 3 atom stereocenters. The Labute approximate surface area is 81.9 Å². The van der Waals surface area contributed by atoms with Crippen LogP contribution in [-0.4, -0.2) is 11.2 Å². The predicted molar refractivity (Wildman–Crippen MR) is 56.5 cm³/mol. The summed E-state index contributed by atoms with van der Waals surface area (Å²) in [6.07, 6.45) is 4.45. The molecule has 1 N–H and O–H groups in total.